The number of Topliss-reactive ketones (excluding diaryl/α,β-unsaturated/α-hetero) is 1. The van der Waals surface area contributed by atoms with Gasteiger partial charge in [0, 0.05) is 11.1 Å². The molecule has 3 heterocycles. The number of ketones is 1. The van der Waals surface area contributed by atoms with E-state index in [1.165, 1.54) is 12.5 Å². The fourth-order valence-corrected chi connectivity index (χ4v) is 5.38. The third-order valence-electron chi connectivity index (χ3n) is 7.42. The SMILES string of the molecule is Cc1ccc2c(c1)C(=O)C(Cc1coc3ccc(C)cc3c1=O)(Cc1coc3ccc(C)cc3c1=O)CO2. The summed E-state index contributed by atoms with van der Waals surface area (Å²) >= 11 is 0. The van der Waals surface area contributed by atoms with Gasteiger partial charge in [-0.05, 0) is 70.0 Å². The van der Waals surface area contributed by atoms with Gasteiger partial charge in [0.15, 0.2) is 16.6 Å². The molecule has 2 aromatic heterocycles. The average Bonchev–Trinajstić information content (AvgIpc) is 2.90. The van der Waals surface area contributed by atoms with E-state index in [0.717, 1.165) is 16.7 Å². The van der Waals surface area contributed by atoms with Crippen LogP contribution in [0, 0.1) is 26.2 Å². The standard InChI is InChI=1S/C32H26O6/c1-18-4-7-26-23(10-18)29(33)21(15-36-26)13-32(17-38-28-9-6-20(3)12-25(28)31(32)35)14-22-16-37-27-8-5-19(2)11-24(27)30(22)34/h4-12,15-16H,13-14,17H2,1-3H3. The first kappa shape index (κ1) is 23.9. The molecule has 6 rings (SSSR count). The van der Waals surface area contributed by atoms with Crippen molar-refractivity contribution in [3.63, 3.8) is 0 Å². The van der Waals surface area contributed by atoms with E-state index >= 15 is 0 Å². The zero-order chi connectivity index (χ0) is 26.6. The van der Waals surface area contributed by atoms with Gasteiger partial charge in [0.25, 0.3) is 0 Å². The van der Waals surface area contributed by atoms with Crippen molar-refractivity contribution < 1.29 is 18.4 Å². The normalized spacial score (nSPS) is 14.4. The summed E-state index contributed by atoms with van der Waals surface area (Å²) < 4.78 is 17.7. The minimum Gasteiger partial charge on any atom is -0.492 e. The fraction of sp³-hybridized carbons (Fsp3) is 0.219. The topological polar surface area (TPSA) is 86.7 Å². The van der Waals surface area contributed by atoms with E-state index in [2.05, 4.69) is 0 Å². The van der Waals surface area contributed by atoms with Crippen molar-refractivity contribution in [2.24, 2.45) is 5.41 Å². The van der Waals surface area contributed by atoms with E-state index < -0.39 is 5.41 Å². The molecule has 0 aliphatic carbocycles. The van der Waals surface area contributed by atoms with E-state index in [1.807, 2.05) is 39.0 Å². The number of hydrogen-bond acceptors (Lipinski definition) is 6. The molecular formula is C32H26O6. The summed E-state index contributed by atoms with van der Waals surface area (Å²) in [7, 11) is 0. The second kappa shape index (κ2) is 8.84. The largest absolute Gasteiger partial charge is 0.492 e. The predicted octanol–water partition coefficient (Wildman–Crippen LogP) is 5.87. The maximum Gasteiger partial charge on any atom is 0.195 e. The van der Waals surface area contributed by atoms with Crippen LogP contribution < -0.4 is 15.6 Å². The lowest BCUT2D eigenvalue weighted by molar-refractivity contribution is 0.0600. The van der Waals surface area contributed by atoms with Gasteiger partial charge in [0.2, 0.25) is 0 Å². The molecule has 0 saturated carbocycles. The molecule has 3 aromatic carbocycles. The van der Waals surface area contributed by atoms with Crippen LogP contribution in [0.3, 0.4) is 0 Å². The number of carbonyl (C=O) groups is 1. The van der Waals surface area contributed by atoms with Crippen LogP contribution in [0.5, 0.6) is 5.75 Å². The smallest absolute Gasteiger partial charge is 0.195 e. The van der Waals surface area contributed by atoms with Crippen LogP contribution in [0.15, 0.2) is 85.5 Å². The Labute approximate surface area is 218 Å². The molecule has 0 unspecified atom stereocenters. The van der Waals surface area contributed by atoms with Crippen LogP contribution in [-0.2, 0) is 12.8 Å². The molecule has 190 valence electrons. The molecule has 0 saturated heterocycles. The number of benzene rings is 3. The third-order valence-corrected chi connectivity index (χ3v) is 7.42. The maximum atomic E-state index is 14.2. The van der Waals surface area contributed by atoms with Crippen molar-refractivity contribution in [3.8, 4) is 5.75 Å². The van der Waals surface area contributed by atoms with Crippen molar-refractivity contribution >= 4 is 27.7 Å². The summed E-state index contributed by atoms with van der Waals surface area (Å²) in [5.41, 5.74) is 3.30. The Hall–Kier alpha value is -4.45. The summed E-state index contributed by atoms with van der Waals surface area (Å²) in [6, 6.07) is 16.3. The van der Waals surface area contributed by atoms with Crippen molar-refractivity contribution in [2.75, 3.05) is 6.61 Å². The van der Waals surface area contributed by atoms with Crippen molar-refractivity contribution in [3.05, 3.63) is 121 Å². The zero-order valence-electron chi connectivity index (χ0n) is 21.4. The van der Waals surface area contributed by atoms with Crippen LogP contribution in [0.1, 0.15) is 38.2 Å². The Kier molecular flexibility index (Phi) is 5.56. The van der Waals surface area contributed by atoms with Gasteiger partial charge in [-0.25, -0.2) is 0 Å². The van der Waals surface area contributed by atoms with Crippen molar-refractivity contribution in [1.29, 1.82) is 0 Å². The van der Waals surface area contributed by atoms with Gasteiger partial charge in [0.1, 0.15) is 23.5 Å². The van der Waals surface area contributed by atoms with Crippen LogP contribution in [-0.4, -0.2) is 12.4 Å². The summed E-state index contributed by atoms with van der Waals surface area (Å²) in [6.45, 7) is 5.74. The molecule has 0 fully saturated rings. The molecule has 1 aliphatic heterocycles. The lowest BCUT2D eigenvalue weighted by Crippen LogP contribution is -2.46. The van der Waals surface area contributed by atoms with Crippen LogP contribution >= 0.6 is 0 Å². The Morgan fingerprint density at radius 1 is 0.684 bits per heavy atom. The first-order valence-electron chi connectivity index (χ1n) is 12.5. The highest BCUT2D eigenvalue weighted by molar-refractivity contribution is 6.04. The Balaban J connectivity index is 1.51. The Bertz CT molecular complexity index is 1770. The summed E-state index contributed by atoms with van der Waals surface area (Å²) in [5.74, 6) is 0.327. The van der Waals surface area contributed by atoms with Gasteiger partial charge < -0.3 is 13.6 Å². The molecule has 0 bridgehead atoms. The third kappa shape index (κ3) is 3.93. The highest BCUT2D eigenvalue weighted by Gasteiger charge is 2.45. The first-order chi connectivity index (χ1) is 18.2. The molecule has 0 atom stereocenters. The average molecular weight is 507 g/mol. The second-order valence-corrected chi connectivity index (χ2v) is 10.4. The lowest BCUT2D eigenvalue weighted by Gasteiger charge is -2.36. The molecular weight excluding hydrogens is 480 g/mol. The van der Waals surface area contributed by atoms with E-state index in [9.17, 15) is 14.4 Å². The van der Waals surface area contributed by atoms with Gasteiger partial charge in [-0.1, -0.05) is 34.9 Å². The lowest BCUT2D eigenvalue weighted by atomic mass is 9.70. The predicted molar refractivity (Wildman–Crippen MR) is 145 cm³/mol. The van der Waals surface area contributed by atoms with E-state index in [0.29, 0.717) is 44.4 Å². The molecule has 6 heteroatoms. The highest BCUT2D eigenvalue weighted by Crippen LogP contribution is 2.39. The maximum absolute atomic E-state index is 14.2. The fourth-order valence-electron chi connectivity index (χ4n) is 5.38. The molecule has 0 N–H and O–H groups in total. The molecule has 5 aromatic rings. The quantitative estimate of drug-likeness (QED) is 0.303. The number of hydrogen-bond donors (Lipinski definition) is 0. The van der Waals surface area contributed by atoms with Gasteiger partial charge in [-0.15, -0.1) is 0 Å². The molecule has 38 heavy (non-hydrogen) atoms. The van der Waals surface area contributed by atoms with E-state index in [4.69, 9.17) is 13.6 Å². The van der Waals surface area contributed by atoms with Crippen molar-refractivity contribution in [2.45, 2.75) is 33.6 Å². The Morgan fingerprint density at radius 3 is 1.74 bits per heavy atom. The van der Waals surface area contributed by atoms with Crippen LogP contribution in [0.4, 0.5) is 0 Å². The van der Waals surface area contributed by atoms with Gasteiger partial charge in [0.05, 0.1) is 34.3 Å². The number of rotatable bonds is 4. The molecule has 0 radical (unpaired) electrons. The minimum atomic E-state index is -1.21. The summed E-state index contributed by atoms with van der Waals surface area (Å²) in [4.78, 5) is 41.3. The molecule has 1 aliphatic rings. The zero-order valence-corrected chi connectivity index (χ0v) is 21.4. The Morgan fingerprint density at radius 2 is 1.18 bits per heavy atom. The number of ether oxygens (including phenoxy) is 1. The highest BCUT2D eigenvalue weighted by atomic mass is 16.5. The molecule has 0 amide bonds. The van der Waals surface area contributed by atoms with Gasteiger partial charge in [-0.2, -0.15) is 0 Å². The van der Waals surface area contributed by atoms with Gasteiger partial charge in [-0.3, -0.25) is 14.4 Å². The monoisotopic (exact) mass is 506 g/mol. The van der Waals surface area contributed by atoms with Crippen LogP contribution in [0.2, 0.25) is 0 Å². The molecule has 0 spiro atoms. The number of fused-ring (bicyclic) bond motifs is 3. The van der Waals surface area contributed by atoms with Crippen molar-refractivity contribution in [1.82, 2.24) is 0 Å². The second-order valence-electron chi connectivity index (χ2n) is 10.4. The summed E-state index contributed by atoms with van der Waals surface area (Å²) in [6.07, 6.45) is 2.95. The summed E-state index contributed by atoms with van der Waals surface area (Å²) in [5, 5.41) is 0.914. The first-order valence-corrected chi connectivity index (χ1v) is 12.5. The van der Waals surface area contributed by atoms with E-state index in [1.54, 1.807) is 36.4 Å². The number of aryl methyl sites for hydroxylation is 3. The van der Waals surface area contributed by atoms with E-state index in [-0.39, 0.29) is 36.1 Å². The minimum absolute atomic E-state index is 0.0124. The molecule has 6 nitrogen and oxygen atoms in total. The van der Waals surface area contributed by atoms with Gasteiger partial charge >= 0.3 is 0 Å². The van der Waals surface area contributed by atoms with Crippen LogP contribution in [0.25, 0.3) is 21.9 Å². The number of carbonyl (C=O) groups excluding carboxylic acids is 1.